The Morgan fingerprint density at radius 1 is 1.17 bits per heavy atom. The maximum atomic E-state index is 12.4. The number of thiophene rings is 1. The largest absolute Gasteiger partial charge is 0.361 e. The molecule has 0 saturated carbocycles. The first-order valence-corrected chi connectivity index (χ1v) is 10.9. The van der Waals surface area contributed by atoms with E-state index in [0.717, 1.165) is 38.0 Å². The molecule has 148 valence electrons. The van der Waals surface area contributed by atoms with E-state index < -0.39 is 0 Å². The number of thioether (sulfide) groups is 1. The molecule has 1 fully saturated rings. The zero-order valence-electron chi connectivity index (χ0n) is 15.5. The SMILES string of the molecule is O=C(CCN1C(=O)S/C(=C\c2cccs2)C1=O)NCCc1c[nH]c2ccccc12. The monoisotopic (exact) mass is 425 g/mol. The Morgan fingerprint density at radius 3 is 2.86 bits per heavy atom. The van der Waals surface area contributed by atoms with Gasteiger partial charge in [-0.25, -0.2) is 0 Å². The molecule has 0 atom stereocenters. The molecule has 29 heavy (non-hydrogen) atoms. The number of rotatable bonds is 7. The van der Waals surface area contributed by atoms with Gasteiger partial charge in [-0.15, -0.1) is 11.3 Å². The van der Waals surface area contributed by atoms with Crippen LogP contribution in [-0.2, 0) is 16.0 Å². The molecule has 2 N–H and O–H groups in total. The van der Waals surface area contributed by atoms with Gasteiger partial charge in [-0.1, -0.05) is 24.3 Å². The van der Waals surface area contributed by atoms with Gasteiger partial charge in [0.05, 0.1) is 4.91 Å². The van der Waals surface area contributed by atoms with Gasteiger partial charge in [0.25, 0.3) is 11.1 Å². The predicted octanol–water partition coefficient (Wildman–Crippen LogP) is 4.01. The molecule has 3 heterocycles. The van der Waals surface area contributed by atoms with Crippen molar-refractivity contribution in [2.45, 2.75) is 12.8 Å². The molecule has 1 aromatic carbocycles. The summed E-state index contributed by atoms with van der Waals surface area (Å²) in [6.45, 7) is 0.590. The third kappa shape index (κ3) is 4.44. The van der Waals surface area contributed by atoms with Crippen molar-refractivity contribution in [3.63, 3.8) is 0 Å². The lowest BCUT2D eigenvalue weighted by atomic mass is 10.1. The van der Waals surface area contributed by atoms with E-state index in [1.54, 1.807) is 6.08 Å². The van der Waals surface area contributed by atoms with Crippen molar-refractivity contribution >= 4 is 57.1 Å². The molecule has 0 spiro atoms. The molecule has 0 aliphatic carbocycles. The number of carbonyl (C=O) groups excluding carboxylic acids is 3. The summed E-state index contributed by atoms with van der Waals surface area (Å²) in [4.78, 5) is 42.4. The Labute approximate surface area is 176 Å². The van der Waals surface area contributed by atoms with E-state index in [9.17, 15) is 14.4 Å². The molecule has 2 aromatic heterocycles. The van der Waals surface area contributed by atoms with Crippen LogP contribution >= 0.6 is 23.1 Å². The van der Waals surface area contributed by atoms with Gasteiger partial charge in [-0.05, 0) is 47.3 Å². The number of aromatic nitrogens is 1. The Morgan fingerprint density at radius 2 is 2.03 bits per heavy atom. The van der Waals surface area contributed by atoms with Gasteiger partial charge in [0, 0.05) is 41.5 Å². The lowest BCUT2D eigenvalue weighted by molar-refractivity contribution is -0.124. The number of H-pyrrole nitrogens is 1. The summed E-state index contributed by atoms with van der Waals surface area (Å²) >= 11 is 2.42. The summed E-state index contributed by atoms with van der Waals surface area (Å²) in [5, 5.41) is 5.60. The van der Waals surface area contributed by atoms with Gasteiger partial charge in [-0.2, -0.15) is 0 Å². The van der Waals surface area contributed by atoms with Crippen molar-refractivity contribution in [2.24, 2.45) is 0 Å². The second kappa shape index (κ2) is 8.67. The van der Waals surface area contributed by atoms with E-state index in [-0.39, 0.29) is 30.0 Å². The third-order valence-corrected chi connectivity index (χ3v) is 6.37. The van der Waals surface area contributed by atoms with Gasteiger partial charge in [0.15, 0.2) is 0 Å². The van der Waals surface area contributed by atoms with Gasteiger partial charge in [-0.3, -0.25) is 19.3 Å². The molecule has 0 bridgehead atoms. The van der Waals surface area contributed by atoms with Crippen molar-refractivity contribution in [1.82, 2.24) is 15.2 Å². The molecule has 1 saturated heterocycles. The first-order chi connectivity index (χ1) is 14.1. The summed E-state index contributed by atoms with van der Waals surface area (Å²) in [7, 11) is 0. The van der Waals surface area contributed by atoms with Crippen LogP contribution in [0.3, 0.4) is 0 Å². The van der Waals surface area contributed by atoms with E-state index >= 15 is 0 Å². The van der Waals surface area contributed by atoms with Gasteiger partial charge >= 0.3 is 0 Å². The standard InChI is InChI=1S/C21H19N3O3S2/c25-19(22-9-7-14-13-23-17-6-2-1-5-16(14)17)8-10-24-20(26)18(29-21(24)27)12-15-4-3-11-28-15/h1-6,11-13,23H,7-10H2,(H,22,25)/b18-12-. The van der Waals surface area contributed by atoms with Crippen molar-refractivity contribution in [1.29, 1.82) is 0 Å². The minimum absolute atomic E-state index is 0.0887. The number of para-hydroxylation sites is 1. The number of amides is 3. The number of hydrogen-bond acceptors (Lipinski definition) is 5. The van der Waals surface area contributed by atoms with E-state index in [2.05, 4.69) is 10.3 Å². The maximum Gasteiger partial charge on any atom is 0.293 e. The van der Waals surface area contributed by atoms with Crippen LogP contribution in [-0.4, -0.2) is 40.0 Å². The Balaban J connectivity index is 1.26. The number of hydrogen-bond donors (Lipinski definition) is 2. The van der Waals surface area contributed by atoms with Crippen molar-refractivity contribution < 1.29 is 14.4 Å². The average Bonchev–Trinajstić information content (AvgIpc) is 3.43. The highest BCUT2D eigenvalue weighted by Crippen LogP contribution is 2.32. The number of benzene rings is 1. The summed E-state index contributed by atoms with van der Waals surface area (Å²) in [6, 6.07) is 11.8. The number of fused-ring (bicyclic) bond motifs is 1. The van der Waals surface area contributed by atoms with Crippen molar-refractivity contribution in [2.75, 3.05) is 13.1 Å². The normalized spacial score (nSPS) is 15.6. The maximum absolute atomic E-state index is 12.4. The van der Waals surface area contributed by atoms with Crippen molar-refractivity contribution in [3.05, 3.63) is 63.3 Å². The molecule has 1 aliphatic heterocycles. The zero-order chi connectivity index (χ0) is 20.2. The molecule has 8 heteroatoms. The third-order valence-electron chi connectivity index (χ3n) is 4.64. The molecule has 0 radical (unpaired) electrons. The van der Waals surface area contributed by atoms with Crippen LogP contribution in [0.1, 0.15) is 16.9 Å². The lowest BCUT2D eigenvalue weighted by Gasteiger charge is -2.12. The van der Waals surface area contributed by atoms with Crippen LogP contribution < -0.4 is 5.32 Å². The molecular weight excluding hydrogens is 406 g/mol. The molecule has 0 unspecified atom stereocenters. The molecule has 3 aromatic rings. The fourth-order valence-corrected chi connectivity index (χ4v) is 4.76. The highest BCUT2D eigenvalue weighted by atomic mass is 32.2. The minimum atomic E-state index is -0.333. The van der Waals surface area contributed by atoms with Crippen LogP contribution in [0.15, 0.2) is 52.9 Å². The first-order valence-electron chi connectivity index (χ1n) is 9.22. The van der Waals surface area contributed by atoms with Gasteiger partial charge in [0.2, 0.25) is 5.91 Å². The number of carbonyl (C=O) groups is 3. The van der Waals surface area contributed by atoms with Crippen LogP contribution in [0.5, 0.6) is 0 Å². The second-order valence-electron chi connectivity index (χ2n) is 6.56. The summed E-state index contributed by atoms with van der Waals surface area (Å²) in [5.41, 5.74) is 2.22. The van der Waals surface area contributed by atoms with Gasteiger partial charge < -0.3 is 10.3 Å². The summed E-state index contributed by atoms with van der Waals surface area (Å²) in [5.74, 6) is -0.508. The Hall–Kier alpha value is -2.84. The second-order valence-corrected chi connectivity index (χ2v) is 8.53. The van der Waals surface area contributed by atoms with Crippen LogP contribution in [0.4, 0.5) is 4.79 Å². The Kier molecular flexibility index (Phi) is 5.82. The number of nitrogens with one attached hydrogen (secondary N) is 2. The number of imide groups is 1. The number of aromatic amines is 1. The quantitative estimate of drug-likeness (QED) is 0.560. The smallest absolute Gasteiger partial charge is 0.293 e. The highest BCUT2D eigenvalue weighted by molar-refractivity contribution is 8.18. The Bertz CT molecular complexity index is 1090. The molecule has 6 nitrogen and oxygen atoms in total. The van der Waals surface area contributed by atoms with Crippen molar-refractivity contribution in [3.8, 4) is 0 Å². The van der Waals surface area contributed by atoms with Crippen LogP contribution in [0, 0.1) is 0 Å². The fourth-order valence-electron chi connectivity index (χ4n) is 3.17. The lowest BCUT2D eigenvalue weighted by Crippen LogP contribution is -2.34. The molecule has 3 amide bonds. The number of nitrogens with zero attached hydrogens (tertiary/aromatic N) is 1. The van der Waals surface area contributed by atoms with E-state index in [0.29, 0.717) is 17.9 Å². The summed E-state index contributed by atoms with van der Waals surface area (Å²) < 4.78 is 0. The first kappa shape index (κ1) is 19.5. The van der Waals surface area contributed by atoms with Crippen LogP contribution in [0.25, 0.3) is 17.0 Å². The zero-order valence-corrected chi connectivity index (χ0v) is 17.1. The molecule has 1 aliphatic rings. The molecular formula is C21H19N3O3S2. The van der Waals surface area contributed by atoms with E-state index in [1.165, 1.54) is 11.3 Å². The average molecular weight is 426 g/mol. The predicted molar refractivity (Wildman–Crippen MR) is 117 cm³/mol. The summed E-state index contributed by atoms with van der Waals surface area (Å²) in [6.07, 6.45) is 4.48. The topological polar surface area (TPSA) is 82.3 Å². The van der Waals surface area contributed by atoms with E-state index in [1.807, 2.05) is 48.0 Å². The highest BCUT2D eigenvalue weighted by Gasteiger charge is 2.35. The van der Waals surface area contributed by atoms with E-state index in [4.69, 9.17) is 0 Å². The van der Waals surface area contributed by atoms with Crippen LogP contribution in [0.2, 0.25) is 0 Å². The molecule has 4 rings (SSSR count). The minimum Gasteiger partial charge on any atom is -0.361 e. The van der Waals surface area contributed by atoms with Gasteiger partial charge in [0.1, 0.15) is 0 Å². The fraction of sp³-hybridized carbons (Fsp3) is 0.190.